The van der Waals surface area contributed by atoms with Crippen LogP contribution in [-0.4, -0.2) is 17.6 Å². The molecule has 3 rings (SSSR count). The number of allylic oxidation sites excluding steroid dienone is 1. The fourth-order valence-electron chi connectivity index (χ4n) is 2.81. The van der Waals surface area contributed by atoms with Gasteiger partial charge in [0.2, 0.25) is 5.91 Å². The van der Waals surface area contributed by atoms with Crippen molar-refractivity contribution in [3.8, 4) is 6.07 Å². The molecule has 0 saturated heterocycles. The summed E-state index contributed by atoms with van der Waals surface area (Å²) in [5, 5.41) is 12.8. The molecular weight excluding hydrogens is 360 g/mol. The minimum absolute atomic E-state index is 0.0230. The van der Waals surface area contributed by atoms with Crippen LogP contribution in [0.2, 0.25) is 0 Å². The van der Waals surface area contributed by atoms with Crippen LogP contribution in [0.5, 0.6) is 0 Å². The molecule has 0 bridgehead atoms. The zero-order valence-electron chi connectivity index (χ0n) is 14.6. The summed E-state index contributed by atoms with van der Waals surface area (Å²) in [6.07, 6.45) is 0.218. The Balaban J connectivity index is 1.66. The van der Waals surface area contributed by atoms with Crippen LogP contribution in [0.4, 0.5) is 0 Å². The van der Waals surface area contributed by atoms with E-state index in [0.29, 0.717) is 10.6 Å². The average molecular weight is 378 g/mol. The van der Waals surface area contributed by atoms with Crippen LogP contribution in [0.1, 0.15) is 23.5 Å². The molecule has 0 unspecified atom stereocenters. The number of nitrogens with zero attached hydrogens (tertiary/aromatic N) is 1. The molecule has 2 aromatic carbocycles. The molecular formula is C21H18N2O3S. The van der Waals surface area contributed by atoms with Gasteiger partial charge in [-0.1, -0.05) is 72.4 Å². The Morgan fingerprint density at radius 3 is 2.48 bits per heavy atom. The zero-order valence-corrected chi connectivity index (χ0v) is 15.4. The van der Waals surface area contributed by atoms with Crippen molar-refractivity contribution in [2.45, 2.75) is 18.9 Å². The lowest BCUT2D eigenvalue weighted by Crippen LogP contribution is -2.31. The Labute approximate surface area is 162 Å². The standard InChI is InChI=1S/C21H18N2O3S/c22-12-18-17(16-9-5-2-6-10-16)11-19(24)23-21(18)27-14-20(25)26-13-15-7-3-1-4-8-15/h1-10,17H,11,13-14H2,(H,23,24)/t17-/m1/s1. The normalized spacial score (nSPS) is 16.4. The van der Waals surface area contributed by atoms with Crippen LogP contribution in [0, 0.1) is 11.3 Å². The van der Waals surface area contributed by atoms with Crippen molar-refractivity contribution in [2.75, 3.05) is 5.75 Å². The summed E-state index contributed by atoms with van der Waals surface area (Å²) in [6, 6.07) is 21.1. The number of amides is 1. The summed E-state index contributed by atoms with van der Waals surface area (Å²) in [4.78, 5) is 24.1. The number of esters is 1. The minimum Gasteiger partial charge on any atom is -0.460 e. The van der Waals surface area contributed by atoms with Crippen molar-refractivity contribution in [3.63, 3.8) is 0 Å². The number of benzene rings is 2. The summed E-state index contributed by atoms with van der Waals surface area (Å²) in [5.74, 6) is -0.838. The van der Waals surface area contributed by atoms with E-state index in [1.807, 2.05) is 60.7 Å². The molecule has 0 saturated carbocycles. The molecule has 136 valence electrons. The van der Waals surface area contributed by atoms with Gasteiger partial charge >= 0.3 is 5.97 Å². The lowest BCUT2D eigenvalue weighted by atomic mass is 9.87. The Morgan fingerprint density at radius 1 is 1.15 bits per heavy atom. The smallest absolute Gasteiger partial charge is 0.316 e. The van der Waals surface area contributed by atoms with Crippen molar-refractivity contribution in [1.82, 2.24) is 5.32 Å². The first kappa shape index (κ1) is 18.7. The highest BCUT2D eigenvalue weighted by atomic mass is 32.2. The lowest BCUT2D eigenvalue weighted by Gasteiger charge is -2.24. The van der Waals surface area contributed by atoms with E-state index in [0.717, 1.165) is 22.9 Å². The van der Waals surface area contributed by atoms with Gasteiger partial charge in [0.15, 0.2) is 0 Å². The van der Waals surface area contributed by atoms with Crippen LogP contribution < -0.4 is 5.32 Å². The molecule has 5 nitrogen and oxygen atoms in total. The number of thioether (sulfide) groups is 1. The van der Waals surface area contributed by atoms with Gasteiger partial charge in [-0.25, -0.2) is 0 Å². The number of carbonyl (C=O) groups excluding carboxylic acids is 2. The second kappa shape index (κ2) is 9.06. The van der Waals surface area contributed by atoms with E-state index >= 15 is 0 Å². The fourth-order valence-corrected chi connectivity index (χ4v) is 3.69. The summed E-state index contributed by atoms with van der Waals surface area (Å²) in [7, 11) is 0. The average Bonchev–Trinajstić information content (AvgIpc) is 2.71. The van der Waals surface area contributed by atoms with E-state index in [1.165, 1.54) is 0 Å². The topological polar surface area (TPSA) is 79.2 Å². The first-order chi connectivity index (χ1) is 13.2. The van der Waals surface area contributed by atoms with Crippen LogP contribution in [0.3, 0.4) is 0 Å². The third kappa shape index (κ3) is 4.99. The fraction of sp³-hybridized carbons (Fsp3) is 0.190. The number of hydrogen-bond donors (Lipinski definition) is 1. The predicted molar refractivity (Wildman–Crippen MR) is 103 cm³/mol. The molecule has 0 fully saturated rings. The van der Waals surface area contributed by atoms with Crippen molar-refractivity contribution in [1.29, 1.82) is 5.26 Å². The van der Waals surface area contributed by atoms with Crippen LogP contribution >= 0.6 is 11.8 Å². The predicted octanol–water partition coefficient (Wildman–Crippen LogP) is 3.50. The molecule has 1 atom stereocenters. The summed E-state index contributed by atoms with van der Waals surface area (Å²) < 4.78 is 5.25. The second-order valence-electron chi connectivity index (χ2n) is 6.01. The molecule has 1 aliphatic rings. The van der Waals surface area contributed by atoms with Gasteiger partial charge in [0.1, 0.15) is 6.61 Å². The number of ether oxygens (including phenoxy) is 1. The van der Waals surface area contributed by atoms with Gasteiger partial charge in [0.25, 0.3) is 0 Å². The Bertz CT molecular complexity index is 889. The first-order valence-electron chi connectivity index (χ1n) is 8.49. The minimum atomic E-state index is -0.398. The molecule has 1 heterocycles. The third-order valence-electron chi connectivity index (χ3n) is 4.13. The molecule has 1 amide bonds. The molecule has 0 aliphatic carbocycles. The number of nitrogens with one attached hydrogen (secondary N) is 1. The van der Waals surface area contributed by atoms with Gasteiger partial charge in [-0.2, -0.15) is 5.26 Å². The highest BCUT2D eigenvalue weighted by molar-refractivity contribution is 8.03. The largest absolute Gasteiger partial charge is 0.460 e. The number of rotatable bonds is 6. The summed E-state index contributed by atoms with van der Waals surface area (Å²) >= 11 is 1.13. The lowest BCUT2D eigenvalue weighted by molar-refractivity contribution is -0.141. The second-order valence-corrected chi connectivity index (χ2v) is 6.99. The SMILES string of the molecule is N#CC1=C(SCC(=O)OCc2ccccc2)NC(=O)C[C@@H]1c1ccccc1. The Hall–Kier alpha value is -3.04. The zero-order chi connectivity index (χ0) is 19.1. The molecule has 27 heavy (non-hydrogen) atoms. The maximum Gasteiger partial charge on any atom is 0.316 e. The quantitative estimate of drug-likeness (QED) is 0.778. The van der Waals surface area contributed by atoms with E-state index in [4.69, 9.17) is 4.74 Å². The molecule has 1 aliphatic heterocycles. The highest BCUT2D eigenvalue weighted by Crippen LogP contribution is 2.35. The Morgan fingerprint density at radius 2 is 1.81 bits per heavy atom. The molecule has 2 aromatic rings. The van der Waals surface area contributed by atoms with Gasteiger partial charge in [0.05, 0.1) is 22.4 Å². The van der Waals surface area contributed by atoms with Crippen molar-refractivity contribution in [3.05, 3.63) is 82.4 Å². The number of nitriles is 1. The summed E-state index contributed by atoms with van der Waals surface area (Å²) in [6.45, 7) is 0.198. The van der Waals surface area contributed by atoms with E-state index in [9.17, 15) is 14.9 Å². The molecule has 1 N–H and O–H groups in total. The third-order valence-corrected chi connectivity index (χ3v) is 5.13. The van der Waals surface area contributed by atoms with Crippen molar-refractivity contribution < 1.29 is 14.3 Å². The molecule has 0 radical (unpaired) electrons. The van der Waals surface area contributed by atoms with E-state index in [2.05, 4.69) is 11.4 Å². The van der Waals surface area contributed by atoms with Gasteiger partial charge in [0, 0.05) is 12.3 Å². The highest BCUT2D eigenvalue weighted by Gasteiger charge is 2.29. The van der Waals surface area contributed by atoms with E-state index in [1.54, 1.807) is 0 Å². The molecule has 6 heteroatoms. The summed E-state index contributed by atoms with van der Waals surface area (Å²) in [5.41, 5.74) is 2.29. The van der Waals surface area contributed by atoms with Gasteiger partial charge in [-0.05, 0) is 11.1 Å². The number of hydrogen-bond acceptors (Lipinski definition) is 5. The van der Waals surface area contributed by atoms with Crippen LogP contribution in [-0.2, 0) is 20.9 Å². The maximum atomic E-state index is 12.1. The number of carbonyl (C=O) groups is 2. The molecule has 0 aromatic heterocycles. The molecule has 0 spiro atoms. The van der Waals surface area contributed by atoms with Crippen LogP contribution in [0.15, 0.2) is 71.3 Å². The van der Waals surface area contributed by atoms with Gasteiger partial charge in [-0.3, -0.25) is 9.59 Å². The van der Waals surface area contributed by atoms with E-state index in [-0.39, 0.29) is 30.6 Å². The van der Waals surface area contributed by atoms with Crippen LogP contribution in [0.25, 0.3) is 0 Å². The first-order valence-corrected chi connectivity index (χ1v) is 9.47. The van der Waals surface area contributed by atoms with Crippen molar-refractivity contribution >= 4 is 23.6 Å². The Kier molecular flexibility index (Phi) is 6.29. The van der Waals surface area contributed by atoms with Gasteiger partial charge < -0.3 is 10.1 Å². The monoisotopic (exact) mass is 378 g/mol. The van der Waals surface area contributed by atoms with Crippen molar-refractivity contribution in [2.24, 2.45) is 0 Å². The van der Waals surface area contributed by atoms with E-state index < -0.39 is 5.97 Å². The maximum absolute atomic E-state index is 12.1. The van der Waals surface area contributed by atoms with Gasteiger partial charge in [-0.15, -0.1) is 0 Å².